The van der Waals surface area contributed by atoms with Crippen molar-refractivity contribution < 1.29 is 0 Å². The Morgan fingerprint density at radius 2 is 1.41 bits per heavy atom. The zero-order valence-electron chi connectivity index (χ0n) is 20.3. The first-order valence-electron chi connectivity index (χ1n) is 12.4. The van der Waals surface area contributed by atoms with Gasteiger partial charge in [-0.3, -0.25) is 4.90 Å². The number of benzene rings is 3. The van der Waals surface area contributed by atoms with E-state index in [0.717, 1.165) is 54.7 Å². The fourth-order valence-corrected chi connectivity index (χ4v) is 4.53. The molecule has 4 heteroatoms. The van der Waals surface area contributed by atoms with Gasteiger partial charge in [0.2, 0.25) is 0 Å². The molecule has 4 aromatic rings. The summed E-state index contributed by atoms with van der Waals surface area (Å²) >= 11 is 6.14. The van der Waals surface area contributed by atoms with Crippen molar-refractivity contribution in [2.24, 2.45) is 0 Å². The molecule has 0 amide bonds. The van der Waals surface area contributed by atoms with Crippen LogP contribution in [0, 0.1) is 0 Å². The SMILES string of the molecule is CCCCN(Cc1ccc(Cl)cc1)Cc1c(-c2ccccc2)nc(-c2ccccc2)n1CCC. The number of hydrogen-bond donors (Lipinski definition) is 0. The molecule has 4 rings (SSSR count). The van der Waals surface area contributed by atoms with E-state index in [4.69, 9.17) is 16.6 Å². The van der Waals surface area contributed by atoms with E-state index in [2.05, 4.69) is 96.1 Å². The minimum atomic E-state index is 0.781. The summed E-state index contributed by atoms with van der Waals surface area (Å²) in [6.07, 6.45) is 3.40. The van der Waals surface area contributed by atoms with Crippen LogP contribution in [0.25, 0.3) is 22.6 Å². The van der Waals surface area contributed by atoms with Crippen LogP contribution in [0.2, 0.25) is 5.02 Å². The monoisotopic (exact) mass is 471 g/mol. The molecule has 34 heavy (non-hydrogen) atoms. The van der Waals surface area contributed by atoms with E-state index in [1.165, 1.54) is 29.7 Å². The highest BCUT2D eigenvalue weighted by atomic mass is 35.5. The van der Waals surface area contributed by atoms with Crippen molar-refractivity contribution in [1.29, 1.82) is 0 Å². The molecule has 1 heterocycles. The first-order chi connectivity index (χ1) is 16.7. The van der Waals surface area contributed by atoms with Gasteiger partial charge in [0.1, 0.15) is 5.82 Å². The van der Waals surface area contributed by atoms with Crippen molar-refractivity contribution in [1.82, 2.24) is 14.5 Å². The van der Waals surface area contributed by atoms with Crippen LogP contribution in [0.5, 0.6) is 0 Å². The van der Waals surface area contributed by atoms with Crippen molar-refractivity contribution in [3.8, 4) is 22.6 Å². The maximum absolute atomic E-state index is 6.14. The van der Waals surface area contributed by atoms with Gasteiger partial charge in [-0.2, -0.15) is 0 Å². The average Bonchev–Trinajstić information content (AvgIpc) is 3.23. The van der Waals surface area contributed by atoms with Crippen LogP contribution in [0.3, 0.4) is 0 Å². The van der Waals surface area contributed by atoms with Gasteiger partial charge in [0, 0.05) is 35.8 Å². The second-order valence-electron chi connectivity index (χ2n) is 8.81. The Morgan fingerprint density at radius 3 is 2.03 bits per heavy atom. The van der Waals surface area contributed by atoms with Gasteiger partial charge in [-0.05, 0) is 37.1 Å². The average molecular weight is 472 g/mol. The number of nitrogens with zero attached hydrogens (tertiary/aromatic N) is 3. The van der Waals surface area contributed by atoms with Gasteiger partial charge >= 0.3 is 0 Å². The van der Waals surface area contributed by atoms with Gasteiger partial charge in [-0.15, -0.1) is 0 Å². The molecule has 1 aromatic heterocycles. The minimum absolute atomic E-state index is 0.781. The molecule has 0 bridgehead atoms. The second kappa shape index (κ2) is 12.0. The maximum atomic E-state index is 6.14. The molecule has 0 fully saturated rings. The van der Waals surface area contributed by atoms with E-state index in [-0.39, 0.29) is 0 Å². The quantitative estimate of drug-likeness (QED) is 0.220. The molecule has 0 unspecified atom stereocenters. The van der Waals surface area contributed by atoms with Gasteiger partial charge in [0.05, 0.1) is 11.4 Å². The summed E-state index contributed by atoms with van der Waals surface area (Å²) in [6, 6.07) is 29.4. The number of rotatable bonds is 11. The Labute approximate surface area is 209 Å². The highest BCUT2D eigenvalue weighted by Gasteiger charge is 2.21. The Kier molecular flexibility index (Phi) is 8.56. The first kappa shape index (κ1) is 24.3. The summed E-state index contributed by atoms with van der Waals surface area (Å²) in [7, 11) is 0. The van der Waals surface area contributed by atoms with E-state index in [9.17, 15) is 0 Å². The van der Waals surface area contributed by atoms with E-state index in [0.29, 0.717) is 0 Å². The van der Waals surface area contributed by atoms with Crippen LogP contribution in [0.4, 0.5) is 0 Å². The van der Waals surface area contributed by atoms with Gasteiger partial charge in [-0.25, -0.2) is 4.98 Å². The highest BCUT2D eigenvalue weighted by molar-refractivity contribution is 6.30. The summed E-state index contributed by atoms with van der Waals surface area (Å²) < 4.78 is 2.44. The third-order valence-corrected chi connectivity index (χ3v) is 6.37. The van der Waals surface area contributed by atoms with Crippen LogP contribution in [0.15, 0.2) is 84.9 Å². The number of halogens is 1. The van der Waals surface area contributed by atoms with Gasteiger partial charge in [0.25, 0.3) is 0 Å². The Bertz CT molecular complexity index is 1150. The van der Waals surface area contributed by atoms with E-state index in [1.54, 1.807) is 0 Å². The molecule has 0 radical (unpaired) electrons. The van der Waals surface area contributed by atoms with E-state index in [1.807, 2.05) is 12.1 Å². The van der Waals surface area contributed by atoms with Crippen molar-refractivity contribution in [3.05, 3.63) is 101 Å². The van der Waals surface area contributed by atoms with Crippen LogP contribution < -0.4 is 0 Å². The molecule has 0 saturated heterocycles. The highest BCUT2D eigenvalue weighted by Crippen LogP contribution is 2.31. The lowest BCUT2D eigenvalue weighted by Crippen LogP contribution is -2.26. The molecule has 0 saturated carbocycles. The molecule has 0 N–H and O–H groups in total. The predicted octanol–water partition coefficient (Wildman–Crippen LogP) is 8.08. The third-order valence-electron chi connectivity index (χ3n) is 6.12. The van der Waals surface area contributed by atoms with Crippen LogP contribution >= 0.6 is 11.6 Å². The lowest BCUT2D eigenvalue weighted by molar-refractivity contribution is 0.246. The predicted molar refractivity (Wildman–Crippen MR) is 144 cm³/mol. The van der Waals surface area contributed by atoms with E-state index >= 15 is 0 Å². The third kappa shape index (κ3) is 5.97. The van der Waals surface area contributed by atoms with E-state index < -0.39 is 0 Å². The fraction of sp³-hybridized carbons (Fsp3) is 0.300. The lowest BCUT2D eigenvalue weighted by atomic mass is 10.1. The minimum Gasteiger partial charge on any atom is -0.326 e. The van der Waals surface area contributed by atoms with Gasteiger partial charge in [0.15, 0.2) is 0 Å². The molecule has 0 atom stereocenters. The van der Waals surface area contributed by atoms with Crippen LogP contribution in [-0.2, 0) is 19.6 Å². The standard InChI is InChI=1S/C30H34ClN3/c1-3-5-21-33(22-24-16-18-27(31)19-17-24)23-28-29(25-12-8-6-9-13-25)32-30(34(28)20-4-2)26-14-10-7-11-15-26/h6-19H,3-5,20-23H2,1-2H3. The largest absolute Gasteiger partial charge is 0.326 e. The normalized spacial score (nSPS) is 11.3. The molecule has 3 aromatic carbocycles. The smallest absolute Gasteiger partial charge is 0.140 e. The van der Waals surface area contributed by atoms with Crippen molar-refractivity contribution in [2.45, 2.75) is 52.7 Å². The molecular formula is C30H34ClN3. The first-order valence-corrected chi connectivity index (χ1v) is 12.7. The molecule has 176 valence electrons. The Balaban J connectivity index is 1.77. The maximum Gasteiger partial charge on any atom is 0.140 e. The van der Waals surface area contributed by atoms with Crippen LogP contribution in [-0.4, -0.2) is 21.0 Å². The Morgan fingerprint density at radius 1 is 0.765 bits per heavy atom. The molecule has 3 nitrogen and oxygen atoms in total. The zero-order valence-corrected chi connectivity index (χ0v) is 21.0. The number of imidazole rings is 1. The lowest BCUT2D eigenvalue weighted by Gasteiger charge is -2.24. The fourth-order valence-electron chi connectivity index (χ4n) is 4.40. The summed E-state index contributed by atoms with van der Waals surface area (Å²) in [4.78, 5) is 7.79. The molecule has 0 aliphatic heterocycles. The van der Waals surface area contributed by atoms with Gasteiger partial charge < -0.3 is 4.57 Å². The summed E-state index contributed by atoms with van der Waals surface area (Å²) in [5, 5.41) is 0.781. The Hall–Kier alpha value is -2.88. The topological polar surface area (TPSA) is 21.1 Å². The molecular weight excluding hydrogens is 438 g/mol. The van der Waals surface area contributed by atoms with Gasteiger partial charge in [-0.1, -0.05) is 105 Å². The number of unbranched alkanes of at least 4 members (excludes halogenated alkanes) is 1. The summed E-state index contributed by atoms with van der Waals surface area (Å²) in [6.45, 7) is 8.23. The summed E-state index contributed by atoms with van der Waals surface area (Å²) in [5.74, 6) is 1.05. The molecule has 0 aliphatic carbocycles. The molecule has 0 aliphatic rings. The number of aromatic nitrogens is 2. The second-order valence-corrected chi connectivity index (χ2v) is 9.24. The molecule has 0 spiro atoms. The zero-order chi connectivity index (χ0) is 23.8. The number of hydrogen-bond acceptors (Lipinski definition) is 2. The van der Waals surface area contributed by atoms with Crippen molar-refractivity contribution in [3.63, 3.8) is 0 Å². The summed E-state index contributed by atoms with van der Waals surface area (Å²) in [5.41, 5.74) is 6.00. The van der Waals surface area contributed by atoms with Crippen molar-refractivity contribution >= 4 is 11.6 Å². The van der Waals surface area contributed by atoms with Crippen LogP contribution in [0.1, 0.15) is 44.4 Å². The van der Waals surface area contributed by atoms with Crippen molar-refractivity contribution in [2.75, 3.05) is 6.54 Å².